The van der Waals surface area contributed by atoms with Gasteiger partial charge in [0.15, 0.2) is 0 Å². The van der Waals surface area contributed by atoms with E-state index in [9.17, 15) is 9.90 Å². The molecule has 0 amide bonds. The largest absolute Gasteiger partial charge is 0.469 e. The van der Waals surface area contributed by atoms with Crippen LogP contribution in [0.15, 0.2) is 12.4 Å². The molecule has 0 aliphatic rings. The van der Waals surface area contributed by atoms with Crippen molar-refractivity contribution in [2.75, 3.05) is 7.11 Å². The van der Waals surface area contributed by atoms with Gasteiger partial charge in [-0.1, -0.05) is 0 Å². The summed E-state index contributed by atoms with van der Waals surface area (Å²) in [7, 11) is 3.05. The highest BCUT2D eigenvalue weighted by molar-refractivity contribution is 5.72. The Morgan fingerprint density at radius 2 is 2.36 bits per heavy atom. The molecule has 0 saturated carbocycles. The van der Waals surface area contributed by atoms with Crippen molar-refractivity contribution in [2.45, 2.75) is 13.0 Å². The smallest absolute Gasteiger partial charge is 0.311 e. The van der Waals surface area contributed by atoms with E-state index in [4.69, 9.17) is 0 Å². The molecule has 0 aromatic carbocycles. The third-order valence-corrected chi connectivity index (χ3v) is 2.11. The molecule has 1 aromatic heterocycles. The number of carbonyl (C=O) groups excluding carboxylic acids is 1. The van der Waals surface area contributed by atoms with Crippen LogP contribution in [0.5, 0.6) is 0 Å². The number of aliphatic hydroxyl groups is 1. The van der Waals surface area contributed by atoms with Crippen LogP contribution >= 0.6 is 0 Å². The molecule has 78 valence electrons. The number of methoxy groups -OCH3 is 1. The average Bonchev–Trinajstić information content (AvgIpc) is 2.61. The molecule has 5 heteroatoms. The summed E-state index contributed by atoms with van der Waals surface area (Å²) in [4.78, 5) is 11.1. The highest BCUT2D eigenvalue weighted by Crippen LogP contribution is 2.21. The van der Waals surface area contributed by atoms with Gasteiger partial charge in [-0.2, -0.15) is 5.10 Å². The molecule has 5 nitrogen and oxygen atoms in total. The van der Waals surface area contributed by atoms with Crippen molar-refractivity contribution in [1.82, 2.24) is 9.78 Å². The van der Waals surface area contributed by atoms with Crippen LogP contribution in [0.4, 0.5) is 0 Å². The monoisotopic (exact) mass is 198 g/mol. The maximum atomic E-state index is 11.1. The lowest BCUT2D eigenvalue weighted by Crippen LogP contribution is -2.20. The molecular weight excluding hydrogens is 184 g/mol. The SMILES string of the molecule is COC(=O)C(C)C(O)c1cnn(C)c1. The molecule has 0 aliphatic carbocycles. The Morgan fingerprint density at radius 1 is 1.71 bits per heavy atom. The molecule has 2 atom stereocenters. The zero-order valence-corrected chi connectivity index (χ0v) is 8.47. The number of hydrogen-bond acceptors (Lipinski definition) is 4. The van der Waals surface area contributed by atoms with E-state index >= 15 is 0 Å². The minimum Gasteiger partial charge on any atom is -0.469 e. The number of aryl methyl sites for hydroxylation is 1. The molecule has 0 saturated heterocycles. The summed E-state index contributed by atoms with van der Waals surface area (Å²) in [5, 5.41) is 13.7. The summed E-state index contributed by atoms with van der Waals surface area (Å²) < 4.78 is 6.11. The van der Waals surface area contributed by atoms with E-state index in [2.05, 4.69) is 9.84 Å². The van der Waals surface area contributed by atoms with Crippen molar-refractivity contribution in [3.8, 4) is 0 Å². The molecule has 1 aromatic rings. The highest BCUT2D eigenvalue weighted by atomic mass is 16.5. The van der Waals surface area contributed by atoms with Crippen molar-refractivity contribution in [3.63, 3.8) is 0 Å². The topological polar surface area (TPSA) is 64.3 Å². The second-order valence-electron chi connectivity index (χ2n) is 3.20. The number of aromatic nitrogens is 2. The third-order valence-electron chi connectivity index (χ3n) is 2.11. The first-order chi connectivity index (χ1) is 6.56. The van der Waals surface area contributed by atoms with E-state index < -0.39 is 18.0 Å². The molecule has 2 unspecified atom stereocenters. The molecule has 1 N–H and O–H groups in total. The number of carbonyl (C=O) groups is 1. The fourth-order valence-electron chi connectivity index (χ4n) is 1.20. The molecule has 14 heavy (non-hydrogen) atoms. The first-order valence-corrected chi connectivity index (χ1v) is 4.30. The third kappa shape index (κ3) is 2.11. The fraction of sp³-hybridized carbons (Fsp3) is 0.556. The lowest BCUT2D eigenvalue weighted by Gasteiger charge is -2.14. The standard InChI is InChI=1S/C9H14N2O3/c1-6(9(13)14-3)8(12)7-4-10-11(2)5-7/h4-6,8,12H,1-3H3. The maximum Gasteiger partial charge on any atom is 0.311 e. The zero-order valence-electron chi connectivity index (χ0n) is 8.47. The predicted octanol–water partition coefficient (Wildman–Crippen LogP) is 0.263. The van der Waals surface area contributed by atoms with Crippen LogP contribution in [0.2, 0.25) is 0 Å². The van der Waals surface area contributed by atoms with Gasteiger partial charge in [0.2, 0.25) is 0 Å². The van der Waals surface area contributed by atoms with Crippen LogP contribution in [-0.2, 0) is 16.6 Å². The Bertz CT molecular complexity index is 322. The van der Waals surface area contributed by atoms with Crippen LogP contribution in [0.1, 0.15) is 18.6 Å². The lowest BCUT2D eigenvalue weighted by molar-refractivity contribution is -0.148. The number of esters is 1. The van der Waals surface area contributed by atoms with E-state index in [0.29, 0.717) is 5.56 Å². The Morgan fingerprint density at radius 3 is 2.79 bits per heavy atom. The molecule has 0 spiro atoms. The first-order valence-electron chi connectivity index (χ1n) is 4.30. The van der Waals surface area contributed by atoms with Gasteiger partial charge in [-0.05, 0) is 6.92 Å². The zero-order chi connectivity index (χ0) is 10.7. The molecule has 1 rings (SSSR count). The van der Waals surface area contributed by atoms with Crippen molar-refractivity contribution in [1.29, 1.82) is 0 Å². The first kappa shape index (κ1) is 10.7. The Labute approximate surface area is 82.3 Å². The number of nitrogens with zero attached hydrogens (tertiary/aromatic N) is 2. The summed E-state index contributed by atoms with van der Waals surface area (Å²) in [5.74, 6) is -1.01. The van der Waals surface area contributed by atoms with E-state index in [1.54, 1.807) is 24.9 Å². The van der Waals surface area contributed by atoms with E-state index in [1.165, 1.54) is 13.3 Å². The normalized spacial score (nSPS) is 14.9. The van der Waals surface area contributed by atoms with Gasteiger partial charge in [0.1, 0.15) is 0 Å². The van der Waals surface area contributed by atoms with Crippen molar-refractivity contribution >= 4 is 5.97 Å². The van der Waals surface area contributed by atoms with Gasteiger partial charge in [0, 0.05) is 18.8 Å². The van der Waals surface area contributed by atoms with Gasteiger partial charge in [0.25, 0.3) is 0 Å². The Balaban J connectivity index is 2.74. The Hall–Kier alpha value is -1.36. The molecular formula is C9H14N2O3. The van der Waals surface area contributed by atoms with Crippen LogP contribution in [-0.4, -0.2) is 28.0 Å². The summed E-state index contributed by atoms with van der Waals surface area (Å²) in [6, 6.07) is 0. The second-order valence-corrected chi connectivity index (χ2v) is 3.20. The van der Waals surface area contributed by atoms with Gasteiger partial charge >= 0.3 is 5.97 Å². The molecule has 0 fully saturated rings. The minimum absolute atomic E-state index is 0.429. The van der Waals surface area contributed by atoms with E-state index in [1.807, 2.05) is 0 Å². The van der Waals surface area contributed by atoms with Gasteiger partial charge in [-0.15, -0.1) is 0 Å². The maximum absolute atomic E-state index is 11.1. The summed E-state index contributed by atoms with van der Waals surface area (Å²) in [6.07, 6.45) is 2.34. The number of aliphatic hydroxyl groups excluding tert-OH is 1. The summed E-state index contributed by atoms with van der Waals surface area (Å²) >= 11 is 0. The molecule has 0 bridgehead atoms. The van der Waals surface area contributed by atoms with Crippen molar-refractivity contribution in [2.24, 2.45) is 13.0 Å². The summed E-state index contributed by atoms with van der Waals surface area (Å²) in [6.45, 7) is 1.61. The number of ether oxygens (including phenoxy) is 1. The van der Waals surface area contributed by atoms with Gasteiger partial charge in [-0.25, -0.2) is 0 Å². The Kier molecular flexibility index (Phi) is 3.24. The minimum atomic E-state index is -0.865. The van der Waals surface area contributed by atoms with Gasteiger partial charge in [-0.3, -0.25) is 9.48 Å². The number of hydrogen-bond donors (Lipinski definition) is 1. The van der Waals surface area contributed by atoms with Crippen LogP contribution in [0, 0.1) is 5.92 Å². The van der Waals surface area contributed by atoms with Crippen LogP contribution in [0.3, 0.4) is 0 Å². The number of rotatable bonds is 3. The highest BCUT2D eigenvalue weighted by Gasteiger charge is 2.24. The second kappa shape index (κ2) is 4.23. The van der Waals surface area contributed by atoms with Crippen LogP contribution < -0.4 is 0 Å². The predicted molar refractivity (Wildman–Crippen MR) is 49.3 cm³/mol. The molecule has 0 aliphatic heterocycles. The quantitative estimate of drug-likeness (QED) is 0.708. The van der Waals surface area contributed by atoms with Gasteiger partial charge < -0.3 is 9.84 Å². The van der Waals surface area contributed by atoms with Gasteiger partial charge in [0.05, 0.1) is 25.3 Å². The molecule has 1 heterocycles. The average molecular weight is 198 g/mol. The molecule has 0 radical (unpaired) electrons. The lowest BCUT2D eigenvalue weighted by atomic mass is 10.0. The van der Waals surface area contributed by atoms with E-state index in [0.717, 1.165) is 0 Å². The van der Waals surface area contributed by atoms with Crippen molar-refractivity contribution < 1.29 is 14.6 Å². The van der Waals surface area contributed by atoms with E-state index in [-0.39, 0.29) is 0 Å². The summed E-state index contributed by atoms with van der Waals surface area (Å²) in [5.41, 5.74) is 0.616. The van der Waals surface area contributed by atoms with Crippen molar-refractivity contribution in [3.05, 3.63) is 18.0 Å². The van der Waals surface area contributed by atoms with Crippen LogP contribution in [0.25, 0.3) is 0 Å². The fourth-order valence-corrected chi connectivity index (χ4v) is 1.20.